The molecule has 0 saturated heterocycles. The molecule has 2 aromatic rings. The number of anilines is 1. The van der Waals surface area contributed by atoms with E-state index in [1.54, 1.807) is 10.6 Å². The summed E-state index contributed by atoms with van der Waals surface area (Å²) in [5, 5.41) is 0.733. The summed E-state index contributed by atoms with van der Waals surface area (Å²) in [6, 6.07) is 7.94. The Morgan fingerprint density at radius 3 is 2.79 bits per heavy atom. The third kappa shape index (κ3) is 3.50. The Labute approximate surface area is 170 Å². The lowest BCUT2D eigenvalue weighted by Crippen LogP contribution is -2.44. The molecular formula is C22H27N3O2S. The molecule has 0 bridgehead atoms. The molecule has 0 radical (unpaired) electrons. The molecule has 2 aliphatic heterocycles. The van der Waals surface area contributed by atoms with Crippen molar-refractivity contribution in [3.8, 4) is 0 Å². The van der Waals surface area contributed by atoms with Gasteiger partial charge in [-0.1, -0.05) is 50.2 Å². The Morgan fingerprint density at radius 2 is 2.04 bits per heavy atom. The zero-order chi connectivity index (χ0) is 20.1. The summed E-state index contributed by atoms with van der Waals surface area (Å²) >= 11 is 1.52. The molecule has 1 aromatic heterocycles. The molecule has 0 aliphatic carbocycles. The Bertz CT molecular complexity index is 990. The maximum absolute atomic E-state index is 13.3. The van der Waals surface area contributed by atoms with Crippen molar-refractivity contribution in [2.45, 2.75) is 57.7 Å². The van der Waals surface area contributed by atoms with E-state index in [9.17, 15) is 9.59 Å². The maximum atomic E-state index is 13.3. The molecule has 0 spiro atoms. The van der Waals surface area contributed by atoms with Crippen molar-refractivity contribution in [3.05, 3.63) is 51.4 Å². The Balaban J connectivity index is 1.61. The zero-order valence-electron chi connectivity index (χ0n) is 17.0. The SMILES string of the molecule is Cc1ccc2c(c1)CCCN2C(=O)C1CSc2nc(C(C)(C)C)cc(=O)n2C1. The minimum Gasteiger partial charge on any atom is -0.312 e. The number of aryl methyl sites for hydroxylation is 2. The van der Waals surface area contributed by atoms with Crippen LogP contribution in [0.3, 0.4) is 0 Å². The first kappa shape index (κ1) is 19.2. The average molecular weight is 398 g/mol. The number of benzene rings is 1. The van der Waals surface area contributed by atoms with E-state index >= 15 is 0 Å². The molecule has 2 aliphatic rings. The monoisotopic (exact) mass is 397 g/mol. The van der Waals surface area contributed by atoms with Crippen LogP contribution in [0.25, 0.3) is 0 Å². The summed E-state index contributed by atoms with van der Waals surface area (Å²) in [5.41, 5.74) is 4.08. The summed E-state index contributed by atoms with van der Waals surface area (Å²) in [4.78, 5) is 32.6. The van der Waals surface area contributed by atoms with Crippen LogP contribution in [0.2, 0.25) is 0 Å². The molecule has 148 valence electrons. The van der Waals surface area contributed by atoms with Gasteiger partial charge in [0.25, 0.3) is 5.56 Å². The van der Waals surface area contributed by atoms with Gasteiger partial charge in [0.05, 0.1) is 11.6 Å². The highest BCUT2D eigenvalue weighted by atomic mass is 32.2. The number of fused-ring (bicyclic) bond motifs is 2. The second kappa shape index (κ2) is 7.07. The van der Waals surface area contributed by atoms with E-state index < -0.39 is 0 Å². The summed E-state index contributed by atoms with van der Waals surface area (Å²) in [6.45, 7) is 9.42. The standard InChI is InChI=1S/C22H27N3O2S/c1-14-7-8-17-15(10-14)6-5-9-24(17)20(27)16-12-25-19(26)11-18(22(2,3)4)23-21(25)28-13-16/h7-8,10-11,16H,5-6,9,12-13H2,1-4H3. The van der Waals surface area contributed by atoms with Crippen LogP contribution in [0.4, 0.5) is 5.69 Å². The third-order valence-corrected chi connectivity index (χ3v) is 6.67. The first-order chi connectivity index (χ1) is 13.2. The van der Waals surface area contributed by atoms with Crippen LogP contribution in [-0.2, 0) is 23.2 Å². The van der Waals surface area contributed by atoms with Crippen molar-refractivity contribution < 1.29 is 4.79 Å². The first-order valence-electron chi connectivity index (χ1n) is 9.90. The fourth-order valence-electron chi connectivity index (χ4n) is 3.92. The zero-order valence-corrected chi connectivity index (χ0v) is 17.8. The van der Waals surface area contributed by atoms with Gasteiger partial charge >= 0.3 is 0 Å². The van der Waals surface area contributed by atoms with Gasteiger partial charge in [0.1, 0.15) is 0 Å². The van der Waals surface area contributed by atoms with Crippen LogP contribution in [-0.4, -0.2) is 27.8 Å². The average Bonchev–Trinajstić information content (AvgIpc) is 2.65. The van der Waals surface area contributed by atoms with Gasteiger partial charge < -0.3 is 4.90 Å². The summed E-state index contributed by atoms with van der Waals surface area (Å²) in [5.74, 6) is 0.579. The second-order valence-corrected chi connectivity index (χ2v) is 9.84. The second-order valence-electron chi connectivity index (χ2n) is 8.86. The summed E-state index contributed by atoms with van der Waals surface area (Å²) in [6.07, 6.45) is 2.00. The molecule has 1 atom stereocenters. The summed E-state index contributed by atoms with van der Waals surface area (Å²) in [7, 11) is 0. The number of rotatable bonds is 1. The minimum absolute atomic E-state index is 0.0606. The lowest BCUT2D eigenvalue weighted by molar-refractivity contribution is -0.122. The van der Waals surface area contributed by atoms with E-state index in [-0.39, 0.29) is 22.8 Å². The van der Waals surface area contributed by atoms with Crippen LogP contribution < -0.4 is 10.5 Å². The predicted molar refractivity (Wildman–Crippen MR) is 113 cm³/mol. The van der Waals surface area contributed by atoms with Gasteiger partial charge in [0, 0.05) is 36.0 Å². The van der Waals surface area contributed by atoms with Gasteiger partial charge in [0.2, 0.25) is 5.91 Å². The molecule has 4 rings (SSSR count). The largest absolute Gasteiger partial charge is 0.312 e. The lowest BCUT2D eigenvalue weighted by atomic mass is 9.92. The van der Waals surface area contributed by atoms with Crippen LogP contribution in [0.5, 0.6) is 0 Å². The van der Waals surface area contributed by atoms with E-state index in [2.05, 4.69) is 45.9 Å². The number of carbonyl (C=O) groups is 1. The fraction of sp³-hybridized carbons (Fsp3) is 0.500. The van der Waals surface area contributed by atoms with Gasteiger partial charge in [-0.3, -0.25) is 14.2 Å². The highest BCUT2D eigenvalue weighted by Gasteiger charge is 2.33. The molecule has 5 nitrogen and oxygen atoms in total. The minimum atomic E-state index is -0.204. The van der Waals surface area contributed by atoms with Gasteiger partial charge in [-0.15, -0.1) is 0 Å². The Hall–Kier alpha value is -2.08. The van der Waals surface area contributed by atoms with Gasteiger partial charge in [-0.05, 0) is 31.4 Å². The fourth-order valence-corrected chi connectivity index (χ4v) is 5.00. The Morgan fingerprint density at radius 1 is 1.25 bits per heavy atom. The van der Waals surface area contributed by atoms with Crippen LogP contribution in [0.1, 0.15) is 44.0 Å². The number of amides is 1. The van der Waals surface area contributed by atoms with E-state index in [1.807, 2.05) is 4.90 Å². The molecule has 1 amide bonds. The number of nitrogens with zero attached hydrogens (tertiary/aromatic N) is 3. The smallest absolute Gasteiger partial charge is 0.254 e. The van der Waals surface area contributed by atoms with E-state index in [0.717, 1.165) is 35.9 Å². The van der Waals surface area contributed by atoms with Crippen molar-refractivity contribution in [1.82, 2.24) is 9.55 Å². The van der Waals surface area contributed by atoms with Crippen molar-refractivity contribution in [1.29, 1.82) is 0 Å². The number of aromatic nitrogens is 2. The van der Waals surface area contributed by atoms with Crippen LogP contribution in [0.15, 0.2) is 34.2 Å². The molecule has 3 heterocycles. The molecule has 6 heteroatoms. The highest BCUT2D eigenvalue weighted by Crippen LogP contribution is 2.33. The van der Waals surface area contributed by atoms with E-state index in [0.29, 0.717) is 12.3 Å². The predicted octanol–water partition coefficient (Wildman–Crippen LogP) is 3.55. The lowest BCUT2D eigenvalue weighted by Gasteiger charge is -2.34. The third-order valence-electron chi connectivity index (χ3n) is 5.53. The molecule has 1 unspecified atom stereocenters. The Kier molecular flexibility index (Phi) is 4.86. The quantitative estimate of drug-likeness (QED) is 0.691. The normalized spacial score (nSPS) is 19.1. The van der Waals surface area contributed by atoms with Crippen molar-refractivity contribution in [2.75, 3.05) is 17.2 Å². The van der Waals surface area contributed by atoms with E-state index in [1.165, 1.54) is 22.9 Å². The van der Waals surface area contributed by atoms with Crippen LogP contribution in [0, 0.1) is 12.8 Å². The summed E-state index contributed by atoms with van der Waals surface area (Å²) < 4.78 is 1.67. The number of hydrogen-bond donors (Lipinski definition) is 0. The molecule has 0 N–H and O–H groups in total. The number of carbonyl (C=O) groups excluding carboxylic acids is 1. The molecular weight excluding hydrogens is 370 g/mol. The van der Waals surface area contributed by atoms with Crippen molar-refractivity contribution in [3.63, 3.8) is 0 Å². The molecule has 0 saturated carbocycles. The van der Waals surface area contributed by atoms with Gasteiger partial charge in [-0.2, -0.15) is 0 Å². The first-order valence-corrected chi connectivity index (χ1v) is 10.9. The maximum Gasteiger partial charge on any atom is 0.254 e. The topological polar surface area (TPSA) is 55.2 Å². The number of hydrogen-bond acceptors (Lipinski definition) is 4. The number of thioether (sulfide) groups is 1. The van der Waals surface area contributed by atoms with Gasteiger partial charge in [-0.25, -0.2) is 4.98 Å². The molecule has 0 fully saturated rings. The van der Waals surface area contributed by atoms with E-state index in [4.69, 9.17) is 4.98 Å². The highest BCUT2D eigenvalue weighted by molar-refractivity contribution is 7.99. The van der Waals surface area contributed by atoms with Gasteiger partial charge in [0.15, 0.2) is 5.16 Å². The van der Waals surface area contributed by atoms with Crippen molar-refractivity contribution in [2.24, 2.45) is 5.92 Å². The molecule has 28 heavy (non-hydrogen) atoms. The van der Waals surface area contributed by atoms with Crippen molar-refractivity contribution >= 4 is 23.4 Å². The van der Waals surface area contributed by atoms with Crippen LogP contribution >= 0.6 is 11.8 Å². The molecule has 1 aromatic carbocycles.